The Kier molecular flexibility index (Phi) is 4.65. The second kappa shape index (κ2) is 6.07. The average molecular weight is 307 g/mol. The molecular formula is C15H18OS2Si. The summed E-state index contributed by atoms with van der Waals surface area (Å²) in [5, 5.41) is 2.16. The van der Waals surface area contributed by atoms with Gasteiger partial charge in [-0.2, -0.15) is 0 Å². The van der Waals surface area contributed by atoms with E-state index in [-0.39, 0.29) is 5.12 Å². The van der Waals surface area contributed by atoms with Gasteiger partial charge < -0.3 is 0 Å². The molecular weight excluding hydrogens is 288 g/mol. The molecule has 0 aliphatic rings. The largest absolute Gasteiger partial charge is 0.281 e. The zero-order chi connectivity index (χ0) is 13.9. The van der Waals surface area contributed by atoms with E-state index < -0.39 is 8.07 Å². The fraction of sp³-hybridized carbons (Fsp3) is 0.267. The van der Waals surface area contributed by atoms with Crippen molar-refractivity contribution in [2.24, 2.45) is 0 Å². The molecule has 0 aliphatic carbocycles. The van der Waals surface area contributed by atoms with Gasteiger partial charge in [0.25, 0.3) is 0 Å². The molecule has 2 aromatic rings. The van der Waals surface area contributed by atoms with Crippen molar-refractivity contribution in [1.29, 1.82) is 0 Å². The van der Waals surface area contributed by atoms with Crippen LogP contribution in [-0.2, 0) is 0 Å². The van der Waals surface area contributed by atoms with Crippen LogP contribution in [0.3, 0.4) is 0 Å². The lowest BCUT2D eigenvalue weighted by molar-refractivity contribution is 0.109. The van der Waals surface area contributed by atoms with Crippen LogP contribution < -0.4 is 0 Å². The molecule has 0 fully saturated rings. The highest BCUT2D eigenvalue weighted by Gasteiger charge is 2.31. The maximum atomic E-state index is 12.3. The summed E-state index contributed by atoms with van der Waals surface area (Å²) in [6.07, 6.45) is 0. The topological polar surface area (TPSA) is 17.1 Å². The molecule has 1 unspecified atom stereocenters. The number of carbonyl (C=O) groups excluding carboxylic acids is 1. The number of thioether (sulfide) groups is 1. The van der Waals surface area contributed by atoms with E-state index in [1.807, 2.05) is 23.6 Å². The number of rotatable bonds is 4. The first kappa shape index (κ1) is 14.6. The van der Waals surface area contributed by atoms with Crippen molar-refractivity contribution in [2.45, 2.75) is 24.5 Å². The van der Waals surface area contributed by atoms with Gasteiger partial charge in [0.2, 0.25) is 5.12 Å². The quantitative estimate of drug-likeness (QED) is 0.718. The Morgan fingerprint density at radius 2 is 1.79 bits per heavy atom. The lowest BCUT2D eigenvalue weighted by Crippen LogP contribution is -2.29. The predicted molar refractivity (Wildman–Crippen MR) is 88.8 cm³/mol. The third kappa shape index (κ3) is 3.81. The standard InChI is InChI=1S/C15H18OS2Si/c1-19(2,3)15(12-8-5-4-6-9-12)18-14(16)13-10-7-11-17-13/h4-11,15H,1-3H3. The molecule has 0 N–H and O–H groups in total. The Balaban J connectivity index is 2.23. The van der Waals surface area contributed by atoms with Gasteiger partial charge in [-0.05, 0) is 17.0 Å². The van der Waals surface area contributed by atoms with Gasteiger partial charge in [0.15, 0.2) is 0 Å². The van der Waals surface area contributed by atoms with Crippen LogP contribution in [-0.4, -0.2) is 13.2 Å². The maximum Gasteiger partial charge on any atom is 0.229 e. The summed E-state index contributed by atoms with van der Waals surface area (Å²) < 4.78 is 0. The van der Waals surface area contributed by atoms with Crippen molar-refractivity contribution < 1.29 is 4.79 Å². The molecule has 1 atom stereocenters. The van der Waals surface area contributed by atoms with Gasteiger partial charge in [-0.15, -0.1) is 11.3 Å². The summed E-state index contributed by atoms with van der Waals surface area (Å²) in [5.74, 6) is 0. The van der Waals surface area contributed by atoms with E-state index in [1.54, 1.807) is 0 Å². The van der Waals surface area contributed by atoms with Gasteiger partial charge in [-0.1, -0.05) is 67.8 Å². The normalized spacial score (nSPS) is 13.2. The van der Waals surface area contributed by atoms with Crippen LogP contribution in [0.5, 0.6) is 0 Å². The number of carbonyl (C=O) groups is 1. The van der Waals surface area contributed by atoms with Crippen molar-refractivity contribution in [3.05, 3.63) is 58.3 Å². The summed E-state index contributed by atoms with van der Waals surface area (Å²) >= 11 is 3.02. The molecule has 4 heteroatoms. The van der Waals surface area contributed by atoms with E-state index in [9.17, 15) is 4.79 Å². The van der Waals surface area contributed by atoms with Gasteiger partial charge in [-0.25, -0.2) is 0 Å². The minimum Gasteiger partial charge on any atom is -0.281 e. The molecule has 0 bridgehead atoms. The zero-order valence-electron chi connectivity index (χ0n) is 11.4. The Bertz CT molecular complexity index is 529. The van der Waals surface area contributed by atoms with Crippen molar-refractivity contribution in [1.82, 2.24) is 0 Å². The Morgan fingerprint density at radius 1 is 1.11 bits per heavy atom. The monoisotopic (exact) mass is 306 g/mol. The highest BCUT2D eigenvalue weighted by molar-refractivity contribution is 8.15. The fourth-order valence-electron chi connectivity index (χ4n) is 1.93. The van der Waals surface area contributed by atoms with E-state index in [1.165, 1.54) is 28.7 Å². The molecule has 2 rings (SSSR count). The average Bonchev–Trinajstić information content (AvgIpc) is 2.89. The first-order chi connectivity index (χ1) is 8.98. The fourth-order valence-corrected chi connectivity index (χ4v) is 6.40. The third-order valence-electron chi connectivity index (χ3n) is 2.84. The van der Waals surface area contributed by atoms with Gasteiger partial charge in [-0.3, -0.25) is 4.79 Å². The molecule has 0 radical (unpaired) electrons. The number of benzene rings is 1. The van der Waals surface area contributed by atoms with E-state index in [0.717, 1.165) is 4.88 Å². The van der Waals surface area contributed by atoms with Crippen LogP contribution in [0.4, 0.5) is 0 Å². The molecule has 0 spiro atoms. The van der Waals surface area contributed by atoms with Crippen LogP contribution in [0, 0.1) is 0 Å². The van der Waals surface area contributed by atoms with E-state index in [4.69, 9.17) is 0 Å². The SMILES string of the molecule is C[Si](C)(C)C(SC(=O)c1cccs1)c1ccccc1. The Hall–Kier alpha value is -0.843. The summed E-state index contributed by atoms with van der Waals surface area (Å²) in [7, 11) is -1.46. The van der Waals surface area contributed by atoms with Gasteiger partial charge in [0.05, 0.1) is 13.0 Å². The summed E-state index contributed by atoms with van der Waals surface area (Å²) in [6, 6.07) is 14.2. The van der Waals surface area contributed by atoms with Crippen LogP contribution in [0.1, 0.15) is 20.1 Å². The highest BCUT2D eigenvalue weighted by atomic mass is 32.2. The molecule has 1 aromatic carbocycles. The summed E-state index contributed by atoms with van der Waals surface area (Å²) in [4.78, 5) is 13.5. The molecule has 0 saturated heterocycles. The van der Waals surface area contributed by atoms with Gasteiger partial charge in [0.1, 0.15) is 0 Å². The molecule has 19 heavy (non-hydrogen) atoms. The van der Waals surface area contributed by atoms with Crippen molar-refractivity contribution in [3.8, 4) is 0 Å². The zero-order valence-corrected chi connectivity index (χ0v) is 14.1. The summed E-state index contributed by atoms with van der Waals surface area (Å²) in [6.45, 7) is 6.96. The molecule has 1 heterocycles. The van der Waals surface area contributed by atoms with E-state index in [2.05, 4.69) is 43.9 Å². The number of hydrogen-bond acceptors (Lipinski definition) is 3. The predicted octanol–water partition coefficient (Wildman–Crippen LogP) is 5.24. The Labute approximate surface area is 124 Å². The second-order valence-corrected chi connectivity index (χ2v) is 13.3. The molecule has 0 amide bonds. The minimum atomic E-state index is -1.46. The Morgan fingerprint density at radius 3 is 2.32 bits per heavy atom. The summed E-state index contributed by atoms with van der Waals surface area (Å²) in [5.41, 5.74) is 1.27. The van der Waals surface area contributed by atoms with Gasteiger partial charge >= 0.3 is 0 Å². The van der Waals surface area contributed by atoms with Crippen LogP contribution in [0.25, 0.3) is 0 Å². The second-order valence-electron chi connectivity index (χ2n) is 5.54. The minimum absolute atomic E-state index is 0.200. The maximum absolute atomic E-state index is 12.3. The molecule has 1 aromatic heterocycles. The first-order valence-electron chi connectivity index (χ1n) is 6.28. The van der Waals surface area contributed by atoms with Gasteiger partial charge in [0, 0.05) is 4.87 Å². The highest BCUT2D eigenvalue weighted by Crippen LogP contribution is 2.39. The van der Waals surface area contributed by atoms with Crippen molar-refractivity contribution in [3.63, 3.8) is 0 Å². The van der Waals surface area contributed by atoms with Crippen LogP contribution in [0.2, 0.25) is 19.6 Å². The molecule has 100 valence electrons. The number of hydrogen-bond donors (Lipinski definition) is 0. The lowest BCUT2D eigenvalue weighted by Gasteiger charge is -2.28. The van der Waals surface area contributed by atoms with Crippen molar-refractivity contribution in [2.75, 3.05) is 0 Å². The number of thiophene rings is 1. The molecule has 1 nitrogen and oxygen atoms in total. The first-order valence-corrected chi connectivity index (χ1v) is 11.6. The van der Waals surface area contributed by atoms with E-state index >= 15 is 0 Å². The van der Waals surface area contributed by atoms with E-state index in [0.29, 0.717) is 4.87 Å². The van der Waals surface area contributed by atoms with Crippen LogP contribution >= 0.6 is 23.1 Å². The smallest absolute Gasteiger partial charge is 0.229 e. The van der Waals surface area contributed by atoms with Crippen LogP contribution in [0.15, 0.2) is 47.8 Å². The lowest BCUT2D eigenvalue weighted by atomic mass is 10.2. The van der Waals surface area contributed by atoms with Crippen molar-refractivity contribution >= 4 is 36.3 Å². The molecule has 0 saturated carbocycles. The molecule has 0 aliphatic heterocycles. The third-order valence-corrected chi connectivity index (χ3v) is 9.16.